The number of benzene rings is 1. The van der Waals surface area contributed by atoms with Crippen molar-refractivity contribution in [1.82, 2.24) is 9.69 Å². The fourth-order valence-corrected chi connectivity index (χ4v) is 3.70. The van der Waals surface area contributed by atoms with E-state index in [4.69, 9.17) is 19.2 Å². The van der Waals surface area contributed by atoms with Gasteiger partial charge in [-0.3, -0.25) is 0 Å². The highest BCUT2D eigenvalue weighted by atomic mass is 19.2. The van der Waals surface area contributed by atoms with Crippen LogP contribution >= 0.6 is 0 Å². The first-order chi connectivity index (χ1) is 19.2. The third kappa shape index (κ3) is 12.6. The number of ether oxygens (including phenoxy) is 3. The monoisotopic (exact) mass is 558 g/mol. The Bertz CT molecular complexity index is 1060. The second-order valence-electron chi connectivity index (χ2n) is 8.98. The molecule has 0 aliphatic heterocycles. The summed E-state index contributed by atoms with van der Waals surface area (Å²) in [7, 11) is 4.80. The van der Waals surface area contributed by atoms with Crippen LogP contribution in [0.4, 0.5) is 10.2 Å². The van der Waals surface area contributed by atoms with Crippen LogP contribution in [0.15, 0.2) is 41.2 Å². The number of rotatable bonds is 13. The predicted molar refractivity (Wildman–Crippen MR) is 168 cm³/mol. The molecule has 2 rings (SSSR count). The quantitative estimate of drug-likeness (QED) is 0.118. The van der Waals surface area contributed by atoms with E-state index in [2.05, 4.69) is 68.4 Å². The number of nitrogens with one attached hydrogen (secondary N) is 1. The first-order valence-corrected chi connectivity index (χ1v) is 13.9. The highest BCUT2D eigenvalue weighted by Crippen LogP contribution is 2.39. The third-order valence-corrected chi connectivity index (χ3v) is 5.94. The minimum absolute atomic E-state index is 0.415. The lowest BCUT2D eigenvalue weighted by atomic mass is 10.2. The van der Waals surface area contributed by atoms with E-state index in [0.29, 0.717) is 37.0 Å². The van der Waals surface area contributed by atoms with Crippen molar-refractivity contribution in [3.63, 3.8) is 0 Å². The average molecular weight is 559 g/mol. The molecule has 0 aliphatic rings. The third-order valence-electron chi connectivity index (χ3n) is 5.94. The molecule has 0 saturated carbocycles. The Labute approximate surface area is 242 Å². The summed E-state index contributed by atoms with van der Waals surface area (Å²) in [5, 5.41) is 4.21. The number of anilines is 1. The maximum absolute atomic E-state index is 12.4. The molecule has 0 unspecified atom stereocenters. The standard InChI is InChI=1S/C22H31N3O3.C7H16FN.C3H4/c1-8-15(3)22(25-12-16(4)17(9-2)13-25)24-14-23-18-10-19(26-5)21(28-7)20(11-18)27-6;1-3-5-7-9(8)6-4-2;1-3-2/h8,10-13,23H,9,14H2,1-7H3;3-7H2,1-2H3;1H,2H3/b15-8-,24-22+;;. The molecule has 1 N–H and O–H groups in total. The van der Waals surface area contributed by atoms with Gasteiger partial charge in [-0.2, -0.15) is 0 Å². The minimum atomic E-state index is 0.415. The molecule has 7 nitrogen and oxygen atoms in total. The Hall–Kier alpha value is -3.44. The van der Waals surface area contributed by atoms with Crippen LogP contribution in [0.25, 0.3) is 0 Å². The van der Waals surface area contributed by atoms with Gasteiger partial charge >= 0.3 is 0 Å². The van der Waals surface area contributed by atoms with E-state index < -0.39 is 0 Å². The van der Waals surface area contributed by atoms with Crippen molar-refractivity contribution < 1.29 is 18.7 Å². The zero-order valence-corrected chi connectivity index (χ0v) is 26.4. The summed E-state index contributed by atoms with van der Waals surface area (Å²) in [6.07, 6.45) is 14.9. The number of unbranched alkanes of at least 4 members (excludes halogenated alkanes) is 1. The van der Waals surface area contributed by atoms with Gasteiger partial charge in [0.05, 0.1) is 21.3 Å². The van der Waals surface area contributed by atoms with Gasteiger partial charge in [-0.15, -0.1) is 21.9 Å². The Kier molecular flexibility index (Phi) is 19.6. The number of aryl methyl sites for hydroxylation is 2. The summed E-state index contributed by atoms with van der Waals surface area (Å²) in [4.78, 5) is 4.79. The molecule has 0 saturated heterocycles. The maximum atomic E-state index is 12.4. The highest BCUT2D eigenvalue weighted by Gasteiger charge is 2.13. The van der Waals surface area contributed by atoms with E-state index in [1.54, 1.807) is 28.3 Å². The number of terminal acetylenes is 1. The molecule has 0 spiro atoms. The summed E-state index contributed by atoms with van der Waals surface area (Å²) >= 11 is 0. The molecule has 1 aromatic heterocycles. The molecule has 0 amide bonds. The molecule has 1 aromatic carbocycles. The van der Waals surface area contributed by atoms with E-state index in [9.17, 15) is 4.48 Å². The first-order valence-electron chi connectivity index (χ1n) is 13.9. The minimum Gasteiger partial charge on any atom is -0.493 e. The fraction of sp³-hybridized carbons (Fsp3) is 0.531. The lowest BCUT2D eigenvalue weighted by Crippen LogP contribution is -2.15. The molecule has 0 radical (unpaired) electrons. The van der Waals surface area contributed by atoms with Gasteiger partial charge in [0.25, 0.3) is 0 Å². The highest BCUT2D eigenvalue weighted by molar-refractivity contribution is 5.99. The van der Waals surface area contributed by atoms with Gasteiger partial charge in [0.15, 0.2) is 11.5 Å². The zero-order valence-electron chi connectivity index (χ0n) is 26.4. The lowest BCUT2D eigenvalue weighted by molar-refractivity contribution is 0.0243. The number of hydrogen-bond acceptors (Lipinski definition) is 6. The van der Waals surface area contributed by atoms with Gasteiger partial charge in [-0.25, -0.2) is 4.99 Å². The van der Waals surface area contributed by atoms with Gasteiger partial charge in [-0.1, -0.05) is 33.3 Å². The molecule has 0 fully saturated rings. The van der Waals surface area contributed by atoms with Gasteiger partial charge in [0.2, 0.25) is 5.75 Å². The number of halogens is 1. The fourth-order valence-electron chi connectivity index (χ4n) is 3.70. The van der Waals surface area contributed by atoms with Gasteiger partial charge in [-0.05, 0) is 63.7 Å². The Balaban J connectivity index is 0.00000106. The molecule has 224 valence electrons. The molecule has 0 aliphatic carbocycles. The molecule has 1 heterocycles. The largest absolute Gasteiger partial charge is 0.493 e. The summed E-state index contributed by atoms with van der Waals surface area (Å²) < 4.78 is 30.7. The first kappa shape index (κ1) is 36.6. The number of hydrogen-bond donors (Lipinski definition) is 1. The van der Waals surface area contributed by atoms with Crippen molar-refractivity contribution in [2.45, 2.75) is 74.1 Å². The molecule has 2 aromatic rings. The molecular weight excluding hydrogens is 507 g/mol. The Morgan fingerprint density at radius 2 is 1.68 bits per heavy atom. The van der Waals surface area contributed by atoms with Crippen LogP contribution in [-0.2, 0) is 6.42 Å². The van der Waals surface area contributed by atoms with Crippen LogP contribution in [0.2, 0.25) is 0 Å². The summed E-state index contributed by atoms with van der Waals surface area (Å²) in [5.74, 6) is 4.95. The topological polar surface area (TPSA) is 60.3 Å². The van der Waals surface area contributed by atoms with Crippen molar-refractivity contribution in [2.75, 3.05) is 46.4 Å². The summed E-state index contributed by atoms with van der Waals surface area (Å²) in [5.41, 5.74) is 4.56. The van der Waals surface area contributed by atoms with E-state index in [0.717, 1.165) is 47.9 Å². The Morgan fingerprint density at radius 3 is 2.10 bits per heavy atom. The second-order valence-corrected chi connectivity index (χ2v) is 8.98. The van der Waals surface area contributed by atoms with E-state index in [1.807, 2.05) is 26.0 Å². The number of aliphatic imine (C=N–C) groups is 1. The number of methoxy groups -OCH3 is 3. The van der Waals surface area contributed by atoms with Crippen LogP contribution in [-0.4, -0.2) is 56.6 Å². The molecule has 40 heavy (non-hydrogen) atoms. The van der Waals surface area contributed by atoms with Crippen LogP contribution in [0, 0.1) is 19.3 Å². The number of nitrogens with zero attached hydrogens (tertiary/aromatic N) is 3. The van der Waals surface area contributed by atoms with Gasteiger partial charge in [0.1, 0.15) is 12.5 Å². The smallest absolute Gasteiger partial charge is 0.203 e. The van der Waals surface area contributed by atoms with Crippen molar-refractivity contribution in [3.05, 3.63) is 47.3 Å². The summed E-state index contributed by atoms with van der Waals surface area (Å²) in [6, 6.07) is 3.74. The number of aromatic nitrogens is 1. The molecule has 0 atom stereocenters. The van der Waals surface area contributed by atoms with E-state index >= 15 is 0 Å². The molecule has 0 bridgehead atoms. The summed E-state index contributed by atoms with van der Waals surface area (Å²) in [6.45, 7) is 15.7. The Morgan fingerprint density at radius 1 is 1.07 bits per heavy atom. The van der Waals surface area contributed by atoms with Crippen LogP contribution in [0.3, 0.4) is 0 Å². The average Bonchev–Trinajstić information content (AvgIpc) is 3.33. The lowest BCUT2D eigenvalue weighted by Gasteiger charge is -2.15. The van der Waals surface area contributed by atoms with Crippen molar-refractivity contribution in [1.29, 1.82) is 0 Å². The SMILES string of the molecule is C#CC.C/C=C(C)\C(=N/CNc1cc(OC)c(OC)c(OC)c1)n1cc(C)c(CC)c1.CCCCN(F)CCC. The zero-order chi connectivity index (χ0) is 30.5. The van der Waals surface area contributed by atoms with Crippen molar-refractivity contribution >= 4 is 11.5 Å². The predicted octanol–water partition coefficient (Wildman–Crippen LogP) is 7.69. The number of allylic oxidation sites excluding steroid dienone is 2. The van der Waals surface area contributed by atoms with Crippen molar-refractivity contribution in [3.8, 4) is 29.6 Å². The van der Waals surface area contributed by atoms with Crippen molar-refractivity contribution in [2.24, 2.45) is 4.99 Å². The molecule has 8 heteroatoms. The second kappa shape index (κ2) is 21.4. The van der Waals surface area contributed by atoms with Crippen LogP contribution in [0.5, 0.6) is 17.2 Å². The van der Waals surface area contributed by atoms with Crippen LogP contribution in [0.1, 0.15) is 71.9 Å². The molecular formula is C32H51FN4O3. The van der Waals surface area contributed by atoms with E-state index in [1.165, 1.54) is 11.1 Å². The van der Waals surface area contributed by atoms with Crippen LogP contribution < -0.4 is 19.5 Å². The van der Waals surface area contributed by atoms with Gasteiger partial charge < -0.3 is 24.1 Å². The maximum Gasteiger partial charge on any atom is 0.203 e. The van der Waals surface area contributed by atoms with E-state index in [-0.39, 0.29) is 0 Å². The normalized spacial score (nSPS) is 11.1. The van der Waals surface area contributed by atoms with Gasteiger partial charge in [0, 0.05) is 43.3 Å².